The summed E-state index contributed by atoms with van der Waals surface area (Å²) < 4.78 is 12.9. The minimum atomic E-state index is 0. The molecule has 2 aliphatic rings. The van der Waals surface area contributed by atoms with Gasteiger partial charge in [-0.25, -0.2) is 0 Å². The lowest BCUT2D eigenvalue weighted by molar-refractivity contribution is -0.120. The van der Waals surface area contributed by atoms with E-state index in [1.165, 1.54) is 0 Å². The number of rotatable bonds is 7. The van der Waals surface area contributed by atoms with Crippen LogP contribution < -0.4 is 10.2 Å². The van der Waals surface area contributed by atoms with Crippen molar-refractivity contribution < 1.29 is 14.3 Å². The minimum absolute atomic E-state index is 0. The highest BCUT2D eigenvalue weighted by molar-refractivity contribution is 14.0. The number of carbonyl (C=O) groups excluding carboxylic acids is 1. The van der Waals surface area contributed by atoms with E-state index in [9.17, 15) is 4.79 Å². The Labute approximate surface area is 189 Å². The van der Waals surface area contributed by atoms with Crippen molar-refractivity contribution in [3.8, 4) is 0 Å². The number of amides is 1. The SMILES string of the molecule is CN=C(NCCCOCC1CCOCC1)N1CCN(c2cnn(C)c2)C(=O)C1.I. The van der Waals surface area contributed by atoms with Gasteiger partial charge in [0.15, 0.2) is 5.96 Å². The van der Waals surface area contributed by atoms with Crippen LogP contribution in [0.15, 0.2) is 17.4 Å². The lowest BCUT2D eigenvalue weighted by Crippen LogP contribution is -2.55. The Morgan fingerprint density at radius 3 is 2.83 bits per heavy atom. The van der Waals surface area contributed by atoms with Crippen LogP contribution in [0.4, 0.5) is 5.69 Å². The van der Waals surface area contributed by atoms with E-state index < -0.39 is 0 Å². The smallest absolute Gasteiger partial charge is 0.246 e. The van der Waals surface area contributed by atoms with Crippen LogP contribution in [0.25, 0.3) is 0 Å². The average Bonchev–Trinajstić information content (AvgIpc) is 3.14. The zero-order valence-electron chi connectivity index (χ0n) is 17.4. The fourth-order valence-electron chi connectivity index (χ4n) is 3.54. The summed E-state index contributed by atoms with van der Waals surface area (Å²) in [6.45, 7) is 5.72. The van der Waals surface area contributed by atoms with E-state index in [2.05, 4.69) is 15.4 Å². The van der Waals surface area contributed by atoms with Crippen molar-refractivity contribution >= 4 is 41.5 Å². The second kappa shape index (κ2) is 12.3. The molecule has 1 amide bonds. The number of nitrogens with one attached hydrogen (secondary N) is 1. The van der Waals surface area contributed by atoms with Crippen LogP contribution in [0.5, 0.6) is 0 Å². The van der Waals surface area contributed by atoms with Gasteiger partial charge in [0.05, 0.1) is 11.9 Å². The maximum atomic E-state index is 12.5. The number of hydrogen-bond acceptors (Lipinski definition) is 5. The summed E-state index contributed by atoms with van der Waals surface area (Å²) in [5, 5.41) is 7.49. The van der Waals surface area contributed by atoms with Crippen molar-refractivity contribution in [3.63, 3.8) is 0 Å². The lowest BCUT2D eigenvalue weighted by atomic mass is 10.0. The number of guanidine groups is 1. The van der Waals surface area contributed by atoms with E-state index in [4.69, 9.17) is 9.47 Å². The minimum Gasteiger partial charge on any atom is -0.381 e. The van der Waals surface area contributed by atoms with E-state index in [1.54, 1.807) is 22.8 Å². The average molecular weight is 520 g/mol. The first kappa shape index (κ1) is 23.9. The molecule has 0 radical (unpaired) electrons. The zero-order chi connectivity index (χ0) is 19.8. The Morgan fingerprint density at radius 1 is 1.38 bits per heavy atom. The van der Waals surface area contributed by atoms with E-state index in [-0.39, 0.29) is 29.9 Å². The Kier molecular flexibility index (Phi) is 10.2. The predicted octanol–water partition coefficient (Wildman–Crippen LogP) is 1.10. The summed E-state index contributed by atoms with van der Waals surface area (Å²) >= 11 is 0. The van der Waals surface area contributed by atoms with Crippen molar-refractivity contribution in [2.45, 2.75) is 19.3 Å². The number of nitrogens with zero attached hydrogens (tertiary/aromatic N) is 5. The zero-order valence-corrected chi connectivity index (χ0v) is 19.7. The molecule has 1 aromatic heterocycles. The fourth-order valence-corrected chi connectivity index (χ4v) is 3.54. The molecule has 29 heavy (non-hydrogen) atoms. The highest BCUT2D eigenvalue weighted by Gasteiger charge is 2.27. The molecule has 1 N–H and O–H groups in total. The van der Waals surface area contributed by atoms with E-state index in [1.807, 2.05) is 18.1 Å². The van der Waals surface area contributed by atoms with E-state index in [0.717, 1.165) is 70.4 Å². The van der Waals surface area contributed by atoms with E-state index >= 15 is 0 Å². The number of halogens is 1. The maximum absolute atomic E-state index is 12.5. The molecule has 0 aromatic carbocycles. The topological polar surface area (TPSA) is 84.2 Å². The lowest BCUT2D eigenvalue weighted by Gasteiger charge is -2.35. The molecule has 164 valence electrons. The number of ether oxygens (including phenoxy) is 2. The molecule has 2 saturated heterocycles. The molecule has 0 spiro atoms. The van der Waals surface area contributed by atoms with Gasteiger partial charge in [-0.3, -0.25) is 14.5 Å². The van der Waals surface area contributed by atoms with Gasteiger partial charge in [0.2, 0.25) is 5.91 Å². The molecule has 3 heterocycles. The van der Waals surface area contributed by atoms with Crippen LogP contribution in [-0.4, -0.2) is 86.2 Å². The highest BCUT2D eigenvalue weighted by Crippen LogP contribution is 2.16. The van der Waals surface area contributed by atoms with Crippen LogP contribution in [-0.2, 0) is 21.3 Å². The molecular weight excluding hydrogens is 487 g/mol. The highest BCUT2D eigenvalue weighted by atomic mass is 127. The first-order valence-electron chi connectivity index (χ1n) is 10.1. The van der Waals surface area contributed by atoms with Crippen molar-refractivity contribution in [1.82, 2.24) is 20.0 Å². The number of aliphatic imine (C=N–C) groups is 1. The third-order valence-corrected chi connectivity index (χ3v) is 5.18. The molecule has 3 rings (SSSR count). The van der Waals surface area contributed by atoms with Crippen LogP contribution in [0.3, 0.4) is 0 Å². The summed E-state index contributed by atoms with van der Waals surface area (Å²) in [6.07, 6.45) is 6.70. The standard InChI is InChI=1S/C19H32N6O3.HI/c1-20-19(21-6-3-9-28-15-16-4-10-27-11-5-16)24-7-8-25(18(26)14-24)17-12-22-23(2)13-17;/h12-13,16H,3-11,14-15H2,1-2H3,(H,20,21);1H. The van der Waals surface area contributed by atoms with Gasteiger partial charge in [0.25, 0.3) is 0 Å². The largest absolute Gasteiger partial charge is 0.381 e. The Hall–Kier alpha value is -1.40. The van der Waals surface area contributed by atoms with Crippen molar-refractivity contribution in [3.05, 3.63) is 12.4 Å². The summed E-state index contributed by atoms with van der Waals surface area (Å²) in [4.78, 5) is 20.6. The predicted molar refractivity (Wildman–Crippen MR) is 123 cm³/mol. The summed E-state index contributed by atoms with van der Waals surface area (Å²) in [6, 6.07) is 0. The van der Waals surface area contributed by atoms with Gasteiger partial charge in [-0.05, 0) is 25.2 Å². The molecule has 0 saturated carbocycles. The molecule has 1 aromatic rings. The first-order chi connectivity index (χ1) is 13.7. The molecule has 2 fully saturated rings. The molecular formula is C19H33IN6O3. The van der Waals surface area contributed by atoms with Crippen molar-refractivity contribution in [2.75, 3.05) is 64.6 Å². The van der Waals surface area contributed by atoms with Crippen LogP contribution >= 0.6 is 24.0 Å². The summed E-state index contributed by atoms with van der Waals surface area (Å²) in [7, 11) is 3.60. The number of hydrogen-bond donors (Lipinski definition) is 1. The van der Waals surface area contributed by atoms with Crippen LogP contribution in [0, 0.1) is 5.92 Å². The normalized spacial score (nSPS) is 18.7. The fraction of sp³-hybridized carbons (Fsp3) is 0.737. The van der Waals surface area contributed by atoms with E-state index in [0.29, 0.717) is 19.0 Å². The molecule has 9 nitrogen and oxygen atoms in total. The number of carbonyl (C=O) groups is 1. The van der Waals surface area contributed by atoms with Crippen LogP contribution in [0.2, 0.25) is 0 Å². The Morgan fingerprint density at radius 2 is 2.17 bits per heavy atom. The third-order valence-electron chi connectivity index (χ3n) is 5.18. The molecule has 0 bridgehead atoms. The quantitative estimate of drug-likeness (QED) is 0.251. The first-order valence-corrected chi connectivity index (χ1v) is 10.1. The van der Waals surface area contributed by atoms with Gasteiger partial charge in [-0.2, -0.15) is 5.10 Å². The molecule has 0 unspecified atom stereocenters. The molecule has 0 aliphatic carbocycles. The molecule has 0 atom stereocenters. The van der Waals surface area contributed by atoms with Gasteiger partial charge in [-0.1, -0.05) is 0 Å². The number of aromatic nitrogens is 2. The van der Waals surface area contributed by atoms with Crippen molar-refractivity contribution in [1.29, 1.82) is 0 Å². The van der Waals surface area contributed by atoms with Crippen molar-refractivity contribution in [2.24, 2.45) is 18.0 Å². The summed E-state index contributed by atoms with van der Waals surface area (Å²) in [5.41, 5.74) is 0.844. The van der Waals surface area contributed by atoms with Gasteiger partial charge < -0.3 is 24.6 Å². The number of anilines is 1. The molecule has 10 heteroatoms. The van der Waals surface area contributed by atoms with Crippen LogP contribution in [0.1, 0.15) is 19.3 Å². The maximum Gasteiger partial charge on any atom is 0.246 e. The van der Waals surface area contributed by atoms with Gasteiger partial charge in [0.1, 0.15) is 6.54 Å². The Bertz CT molecular complexity index is 662. The van der Waals surface area contributed by atoms with Gasteiger partial charge in [0, 0.05) is 66.4 Å². The second-order valence-electron chi connectivity index (χ2n) is 7.30. The molecule has 2 aliphatic heterocycles. The number of piperazine rings is 1. The van der Waals surface area contributed by atoms with Gasteiger partial charge >= 0.3 is 0 Å². The van der Waals surface area contributed by atoms with Gasteiger partial charge in [-0.15, -0.1) is 24.0 Å². The number of aryl methyl sites for hydroxylation is 1. The Balaban J connectivity index is 0.00000300. The second-order valence-corrected chi connectivity index (χ2v) is 7.30. The monoisotopic (exact) mass is 520 g/mol. The summed E-state index contributed by atoms with van der Waals surface area (Å²) in [5.74, 6) is 1.46. The third kappa shape index (κ3) is 7.10.